The standard InChI is InChI=1S/C23H20O5/c24-17-8-11-21-19(12-17)23(20(13-28-21)15-4-2-1-3-5-15)16-6-9-18(10-7-16)27-14-22(25)26/h1-12,20,23-24H,13-14H2,(H,25,26)/t20-,23-/m0/s1. The molecule has 142 valence electrons. The zero-order valence-corrected chi connectivity index (χ0v) is 15.1. The van der Waals surface area contributed by atoms with E-state index < -0.39 is 5.97 Å². The van der Waals surface area contributed by atoms with Gasteiger partial charge in [-0.2, -0.15) is 0 Å². The number of hydrogen-bond donors (Lipinski definition) is 2. The van der Waals surface area contributed by atoms with E-state index in [1.54, 1.807) is 30.3 Å². The van der Waals surface area contributed by atoms with Crippen LogP contribution in [0.2, 0.25) is 0 Å². The Kier molecular flexibility index (Phi) is 4.89. The van der Waals surface area contributed by atoms with Gasteiger partial charge in [0.25, 0.3) is 0 Å². The highest BCUT2D eigenvalue weighted by molar-refractivity contribution is 5.68. The van der Waals surface area contributed by atoms with E-state index in [0.717, 1.165) is 22.4 Å². The average molecular weight is 376 g/mol. The number of aliphatic carboxylic acids is 1. The molecule has 0 bridgehead atoms. The van der Waals surface area contributed by atoms with Crippen LogP contribution in [0.25, 0.3) is 0 Å². The summed E-state index contributed by atoms with van der Waals surface area (Å²) >= 11 is 0. The second-order valence-electron chi connectivity index (χ2n) is 6.78. The van der Waals surface area contributed by atoms with Gasteiger partial charge in [0, 0.05) is 17.4 Å². The first-order valence-corrected chi connectivity index (χ1v) is 9.07. The minimum absolute atomic E-state index is 0.00762. The van der Waals surface area contributed by atoms with Crippen molar-refractivity contribution in [3.63, 3.8) is 0 Å². The molecule has 1 heterocycles. The van der Waals surface area contributed by atoms with Crippen LogP contribution in [0.1, 0.15) is 28.5 Å². The molecule has 3 aromatic rings. The molecule has 2 N–H and O–H groups in total. The molecule has 0 saturated heterocycles. The molecular formula is C23H20O5. The normalized spacial score (nSPS) is 18.0. The van der Waals surface area contributed by atoms with E-state index in [9.17, 15) is 9.90 Å². The van der Waals surface area contributed by atoms with Gasteiger partial charge in [0.2, 0.25) is 0 Å². The third kappa shape index (κ3) is 3.64. The predicted molar refractivity (Wildman–Crippen MR) is 104 cm³/mol. The average Bonchev–Trinajstić information content (AvgIpc) is 2.72. The number of aromatic hydroxyl groups is 1. The fourth-order valence-electron chi connectivity index (χ4n) is 3.72. The van der Waals surface area contributed by atoms with Crippen LogP contribution in [0.5, 0.6) is 17.2 Å². The number of fused-ring (bicyclic) bond motifs is 1. The quantitative estimate of drug-likeness (QED) is 0.699. The summed E-state index contributed by atoms with van der Waals surface area (Å²) in [4.78, 5) is 10.7. The molecule has 0 aromatic heterocycles. The van der Waals surface area contributed by atoms with E-state index in [1.165, 1.54) is 0 Å². The Morgan fingerprint density at radius 1 is 1.00 bits per heavy atom. The van der Waals surface area contributed by atoms with Gasteiger partial charge in [0.1, 0.15) is 17.2 Å². The molecule has 3 aromatic carbocycles. The minimum Gasteiger partial charge on any atom is -0.508 e. The van der Waals surface area contributed by atoms with Gasteiger partial charge in [0.15, 0.2) is 6.61 Å². The molecular weight excluding hydrogens is 356 g/mol. The van der Waals surface area contributed by atoms with Crippen LogP contribution in [0.3, 0.4) is 0 Å². The number of carboxylic acids is 1. The van der Waals surface area contributed by atoms with Gasteiger partial charge in [-0.3, -0.25) is 0 Å². The Morgan fingerprint density at radius 2 is 1.75 bits per heavy atom. The zero-order valence-electron chi connectivity index (χ0n) is 15.1. The summed E-state index contributed by atoms with van der Waals surface area (Å²) in [6, 6.07) is 22.8. The Morgan fingerprint density at radius 3 is 2.46 bits per heavy atom. The lowest BCUT2D eigenvalue weighted by molar-refractivity contribution is -0.139. The number of carboxylic acid groups (broad SMARTS) is 1. The lowest BCUT2D eigenvalue weighted by atomic mass is 9.76. The van der Waals surface area contributed by atoms with Gasteiger partial charge in [-0.15, -0.1) is 0 Å². The molecule has 0 unspecified atom stereocenters. The first-order chi connectivity index (χ1) is 13.6. The number of phenolic OH excluding ortho intramolecular Hbond substituents is 1. The van der Waals surface area contributed by atoms with Crippen molar-refractivity contribution in [1.82, 2.24) is 0 Å². The summed E-state index contributed by atoms with van der Waals surface area (Å²) in [6.07, 6.45) is 0. The van der Waals surface area contributed by atoms with Crippen LogP contribution in [-0.4, -0.2) is 29.4 Å². The van der Waals surface area contributed by atoms with Crippen molar-refractivity contribution in [3.05, 3.63) is 89.5 Å². The van der Waals surface area contributed by atoms with Gasteiger partial charge < -0.3 is 19.7 Å². The number of phenols is 1. The number of hydrogen-bond acceptors (Lipinski definition) is 4. The van der Waals surface area contributed by atoms with Crippen LogP contribution in [-0.2, 0) is 4.79 Å². The number of ether oxygens (including phenoxy) is 2. The molecule has 5 heteroatoms. The molecule has 28 heavy (non-hydrogen) atoms. The first kappa shape index (κ1) is 17.9. The predicted octanol–water partition coefficient (Wildman–Crippen LogP) is 4.16. The van der Waals surface area contributed by atoms with Crippen molar-refractivity contribution in [1.29, 1.82) is 0 Å². The van der Waals surface area contributed by atoms with Crippen molar-refractivity contribution in [2.75, 3.05) is 13.2 Å². The molecule has 1 aliphatic rings. The first-order valence-electron chi connectivity index (χ1n) is 9.07. The summed E-state index contributed by atoms with van der Waals surface area (Å²) in [7, 11) is 0. The fourth-order valence-corrected chi connectivity index (χ4v) is 3.72. The van der Waals surface area contributed by atoms with Crippen molar-refractivity contribution in [3.8, 4) is 17.2 Å². The van der Waals surface area contributed by atoms with Gasteiger partial charge in [-0.25, -0.2) is 4.79 Å². The van der Waals surface area contributed by atoms with E-state index in [2.05, 4.69) is 12.1 Å². The molecule has 0 aliphatic carbocycles. The lowest BCUT2D eigenvalue weighted by Gasteiger charge is -2.34. The van der Waals surface area contributed by atoms with Crippen LogP contribution in [0.15, 0.2) is 72.8 Å². The fraction of sp³-hybridized carbons (Fsp3) is 0.174. The Balaban J connectivity index is 1.73. The SMILES string of the molecule is O=C(O)COc1ccc([C@H]2c3cc(O)ccc3OC[C@H]2c2ccccc2)cc1. The second-order valence-corrected chi connectivity index (χ2v) is 6.78. The third-order valence-electron chi connectivity index (χ3n) is 4.98. The monoisotopic (exact) mass is 376 g/mol. The largest absolute Gasteiger partial charge is 0.508 e. The Hall–Kier alpha value is -3.47. The van der Waals surface area contributed by atoms with Crippen LogP contribution in [0, 0.1) is 0 Å². The van der Waals surface area contributed by atoms with Gasteiger partial charge in [0.05, 0.1) is 6.61 Å². The third-order valence-corrected chi connectivity index (χ3v) is 4.98. The van der Waals surface area contributed by atoms with Gasteiger partial charge in [-0.05, 0) is 41.5 Å². The van der Waals surface area contributed by atoms with Gasteiger partial charge >= 0.3 is 5.97 Å². The zero-order chi connectivity index (χ0) is 19.5. The lowest BCUT2D eigenvalue weighted by Crippen LogP contribution is -2.25. The second kappa shape index (κ2) is 7.64. The van der Waals surface area contributed by atoms with E-state index in [-0.39, 0.29) is 24.2 Å². The van der Waals surface area contributed by atoms with Crippen molar-refractivity contribution in [2.24, 2.45) is 0 Å². The molecule has 1 aliphatic heterocycles. The highest BCUT2D eigenvalue weighted by atomic mass is 16.5. The van der Waals surface area contributed by atoms with Crippen molar-refractivity contribution < 1.29 is 24.5 Å². The number of benzene rings is 3. The number of carbonyl (C=O) groups is 1. The maximum atomic E-state index is 10.7. The molecule has 0 amide bonds. The summed E-state index contributed by atoms with van der Waals surface area (Å²) < 4.78 is 11.2. The maximum Gasteiger partial charge on any atom is 0.341 e. The molecule has 0 fully saturated rings. The maximum absolute atomic E-state index is 10.7. The summed E-state index contributed by atoms with van der Waals surface area (Å²) in [6.45, 7) is 0.156. The van der Waals surface area contributed by atoms with Crippen LogP contribution >= 0.6 is 0 Å². The van der Waals surface area contributed by atoms with E-state index in [4.69, 9.17) is 14.6 Å². The Bertz CT molecular complexity index is 966. The van der Waals surface area contributed by atoms with Gasteiger partial charge in [-0.1, -0.05) is 42.5 Å². The van der Waals surface area contributed by atoms with E-state index in [1.807, 2.05) is 30.3 Å². The van der Waals surface area contributed by atoms with E-state index >= 15 is 0 Å². The molecule has 5 nitrogen and oxygen atoms in total. The summed E-state index contributed by atoms with van der Waals surface area (Å²) in [5.74, 6) is 0.532. The smallest absolute Gasteiger partial charge is 0.341 e. The molecule has 0 radical (unpaired) electrons. The molecule has 0 spiro atoms. The molecule has 4 rings (SSSR count). The summed E-state index contributed by atoms with van der Waals surface area (Å²) in [5.41, 5.74) is 3.14. The van der Waals surface area contributed by atoms with Crippen molar-refractivity contribution in [2.45, 2.75) is 11.8 Å². The minimum atomic E-state index is -1.01. The van der Waals surface area contributed by atoms with E-state index in [0.29, 0.717) is 12.4 Å². The summed E-state index contributed by atoms with van der Waals surface area (Å²) in [5, 5.41) is 18.8. The van der Waals surface area contributed by atoms with Crippen LogP contribution < -0.4 is 9.47 Å². The topological polar surface area (TPSA) is 76.0 Å². The Labute approximate surface area is 162 Å². The highest BCUT2D eigenvalue weighted by Crippen LogP contribution is 2.47. The molecule has 2 atom stereocenters. The van der Waals surface area contributed by atoms with Crippen molar-refractivity contribution >= 4 is 5.97 Å². The number of rotatable bonds is 5. The molecule has 0 saturated carbocycles. The van der Waals surface area contributed by atoms with Crippen LogP contribution in [0.4, 0.5) is 0 Å². The highest BCUT2D eigenvalue weighted by Gasteiger charge is 2.33.